The summed E-state index contributed by atoms with van der Waals surface area (Å²) in [5.74, 6) is 0. The molecule has 0 saturated carbocycles. The van der Waals surface area contributed by atoms with Gasteiger partial charge in [0.05, 0.1) is 16.8 Å². The maximum atomic E-state index is 2.50. The van der Waals surface area contributed by atoms with E-state index in [0.29, 0.717) is 0 Å². The minimum atomic E-state index is -0.402. The third kappa shape index (κ3) is 3.48. The van der Waals surface area contributed by atoms with Crippen molar-refractivity contribution in [3.8, 4) is 44.5 Å². The Hall–Kier alpha value is -6.70. The standard InChI is InChI=1S/C51H31N/c1-2-14-34-30-47-42(29-33(34)13-1)43-31-35(27-28-46(43)51(47)44-23-7-3-17-36(44)37-18-4-8-24-45(37)51)52-48-25-9-5-19-38(48)40-21-11-15-32-16-12-22-41(50(32)40)39-20-6-10-26-49(39)52/h1-31H. The van der Waals surface area contributed by atoms with Crippen molar-refractivity contribution >= 4 is 38.6 Å². The fourth-order valence-corrected chi connectivity index (χ4v) is 9.95. The number of fused-ring (bicyclic) bond motifs is 15. The maximum absolute atomic E-state index is 2.50. The van der Waals surface area contributed by atoms with Crippen LogP contribution in [0.4, 0.5) is 17.1 Å². The number of hydrogen-bond acceptors (Lipinski definition) is 1. The SMILES string of the molecule is c1ccc2c(c1)-c1cccc3cccc(c13)-c1ccccc1N2c1ccc2c(c1)-c1cc3ccccc3cc1C21c2ccccc2-c2ccccc21. The summed E-state index contributed by atoms with van der Waals surface area (Å²) in [6.07, 6.45) is 0. The van der Waals surface area contributed by atoms with Crippen molar-refractivity contribution in [3.05, 3.63) is 210 Å². The smallest absolute Gasteiger partial charge is 0.0725 e. The first kappa shape index (κ1) is 28.0. The molecule has 0 radical (unpaired) electrons. The fraction of sp³-hybridized carbons (Fsp3) is 0.0196. The van der Waals surface area contributed by atoms with E-state index in [1.54, 1.807) is 0 Å². The van der Waals surface area contributed by atoms with Gasteiger partial charge in [0.2, 0.25) is 0 Å². The van der Waals surface area contributed by atoms with Crippen LogP contribution in [0, 0.1) is 0 Å². The van der Waals surface area contributed by atoms with Crippen LogP contribution in [0.2, 0.25) is 0 Å². The molecule has 0 aromatic heterocycles. The number of nitrogens with zero attached hydrogens (tertiary/aromatic N) is 1. The molecule has 52 heavy (non-hydrogen) atoms. The topological polar surface area (TPSA) is 3.24 Å². The summed E-state index contributed by atoms with van der Waals surface area (Å²) in [7, 11) is 0. The van der Waals surface area contributed by atoms with E-state index >= 15 is 0 Å². The molecular weight excluding hydrogens is 627 g/mol. The Morgan fingerprint density at radius 2 is 0.750 bits per heavy atom. The predicted molar refractivity (Wildman–Crippen MR) is 217 cm³/mol. The Morgan fingerprint density at radius 3 is 1.38 bits per heavy atom. The van der Waals surface area contributed by atoms with E-state index in [0.717, 1.165) is 5.69 Å². The molecule has 0 saturated heterocycles. The van der Waals surface area contributed by atoms with Gasteiger partial charge in [-0.3, -0.25) is 0 Å². The number of para-hydroxylation sites is 2. The highest BCUT2D eigenvalue weighted by Gasteiger charge is 2.51. The molecule has 0 amide bonds. The quantitative estimate of drug-likeness (QED) is 0.170. The van der Waals surface area contributed by atoms with Gasteiger partial charge in [-0.1, -0.05) is 152 Å². The zero-order chi connectivity index (χ0) is 34.0. The molecule has 0 N–H and O–H groups in total. The lowest BCUT2D eigenvalue weighted by molar-refractivity contribution is 0.795. The third-order valence-corrected chi connectivity index (χ3v) is 12.0. The summed E-state index contributed by atoms with van der Waals surface area (Å²) in [6.45, 7) is 0. The van der Waals surface area contributed by atoms with E-state index in [2.05, 4.69) is 193 Å². The molecule has 0 fully saturated rings. The van der Waals surface area contributed by atoms with Gasteiger partial charge in [-0.25, -0.2) is 0 Å². The molecule has 1 aliphatic heterocycles. The Morgan fingerprint density at radius 1 is 0.288 bits per heavy atom. The van der Waals surface area contributed by atoms with Crippen molar-refractivity contribution in [1.82, 2.24) is 0 Å². The van der Waals surface area contributed by atoms with Crippen molar-refractivity contribution in [2.75, 3.05) is 4.90 Å². The summed E-state index contributed by atoms with van der Waals surface area (Å²) in [6, 6.07) is 70.5. The van der Waals surface area contributed by atoms with Crippen LogP contribution in [-0.2, 0) is 5.41 Å². The molecule has 240 valence electrons. The number of benzene rings is 9. The second kappa shape index (κ2) is 10.2. The Balaban J connectivity index is 1.19. The molecule has 0 atom stereocenters. The molecular formula is C51H31N. The summed E-state index contributed by atoms with van der Waals surface area (Å²) < 4.78 is 0. The first-order valence-electron chi connectivity index (χ1n) is 18.2. The van der Waals surface area contributed by atoms with Crippen LogP contribution >= 0.6 is 0 Å². The average molecular weight is 658 g/mol. The summed E-state index contributed by atoms with van der Waals surface area (Å²) in [5.41, 5.74) is 18.8. The van der Waals surface area contributed by atoms with Crippen LogP contribution in [0.25, 0.3) is 66.1 Å². The van der Waals surface area contributed by atoms with Gasteiger partial charge < -0.3 is 4.90 Å². The van der Waals surface area contributed by atoms with Gasteiger partial charge in [0.1, 0.15) is 0 Å². The number of anilines is 3. The fourth-order valence-electron chi connectivity index (χ4n) is 9.95. The summed E-state index contributed by atoms with van der Waals surface area (Å²) in [5, 5.41) is 5.10. The molecule has 1 spiro atoms. The molecule has 3 aliphatic rings. The van der Waals surface area contributed by atoms with Gasteiger partial charge in [0.15, 0.2) is 0 Å². The van der Waals surface area contributed by atoms with E-state index in [4.69, 9.17) is 0 Å². The molecule has 9 aromatic rings. The van der Waals surface area contributed by atoms with Crippen molar-refractivity contribution in [3.63, 3.8) is 0 Å². The largest absolute Gasteiger partial charge is 0.309 e. The van der Waals surface area contributed by atoms with Crippen molar-refractivity contribution in [2.24, 2.45) is 0 Å². The first-order valence-corrected chi connectivity index (χ1v) is 18.2. The van der Waals surface area contributed by atoms with E-state index in [9.17, 15) is 0 Å². The van der Waals surface area contributed by atoms with Gasteiger partial charge in [-0.05, 0) is 114 Å². The van der Waals surface area contributed by atoms with Crippen LogP contribution in [0.15, 0.2) is 188 Å². The van der Waals surface area contributed by atoms with Crippen molar-refractivity contribution in [2.45, 2.75) is 5.41 Å². The van der Waals surface area contributed by atoms with Gasteiger partial charge in [-0.15, -0.1) is 0 Å². The monoisotopic (exact) mass is 657 g/mol. The van der Waals surface area contributed by atoms with Crippen LogP contribution in [-0.4, -0.2) is 0 Å². The Labute approximate surface area is 302 Å². The van der Waals surface area contributed by atoms with Gasteiger partial charge in [0.25, 0.3) is 0 Å². The van der Waals surface area contributed by atoms with Crippen LogP contribution in [0.5, 0.6) is 0 Å². The first-order chi connectivity index (χ1) is 25.8. The lowest BCUT2D eigenvalue weighted by atomic mass is 9.70. The predicted octanol–water partition coefficient (Wildman–Crippen LogP) is 13.5. The minimum absolute atomic E-state index is 0.402. The van der Waals surface area contributed by atoms with E-state index in [-0.39, 0.29) is 0 Å². The second-order valence-corrected chi connectivity index (χ2v) is 14.4. The molecule has 2 aliphatic carbocycles. The molecule has 1 nitrogen and oxygen atoms in total. The minimum Gasteiger partial charge on any atom is -0.309 e. The van der Waals surface area contributed by atoms with Gasteiger partial charge in [-0.2, -0.15) is 0 Å². The highest BCUT2D eigenvalue weighted by Crippen LogP contribution is 2.64. The zero-order valence-electron chi connectivity index (χ0n) is 28.3. The molecule has 1 heteroatoms. The van der Waals surface area contributed by atoms with Gasteiger partial charge in [0, 0.05) is 16.8 Å². The highest BCUT2D eigenvalue weighted by atomic mass is 15.1. The molecule has 12 rings (SSSR count). The second-order valence-electron chi connectivity index (χ2n) is 14.4. The average Bonchev–Trinajstić information content (AvgIpc) is 3.66. The lowest BCUT2D eigenvalue weighted by Gasteiger charge is -2.33. The number of hydrogen-bond donors (Lipinski definition) is 0. The van der Waals surface area contributed by atoms with Crippen molar-refractivity contribution in [1.29, 1.82) is 0 Å². The van der Waals surface area contributed by atoms with E-state index in [1.165, 1.54) is 99.7 Å². The van der Waals surface area contributed by atoms with Crippen LogP contribution < -0.4 is 4.90 Å². The number of rotatable bonds is 1. The summed E-state index contributed by atoms with van der Waals surface area (Å²) >= 11 is 0. The molecule has 0 unspecified atom stereocenters. The van der Waals surface area contributed by atoms with Crippen molar-refractivity contribution < 1.29 is 0 Å². The molecule has 1 heterocycles. The van der Waals surface area contributed by atoms with Gasteiger partial charge >= 0.3 is 0 Å². The molecule has 9 aromatic carbocycles. The normalized spacial score (nSPS) is 13.9. The summed E-state index contributed by atoms with van der Waals surface area (Å²) in [4.78, 5) is 2.50. The van der Waals surface area contributed by atoms with E-state index < -0.39 is 5.41 Å². The Bertz CT molecular complexity index is 2860. The highest BCUT2D eigenvalue weighted by molar-refractivity contribution is 6.13. The Kier molecular flexibility index (Phi) is 5.49. The van der Waals surface area contributed by atoms with E-state index in [1.807, 2.05) is 0 Å². The zero-order valence-corrected chi connectivity index (χ0v) is 28.3. The maximum Gasteiger partial charge on any atom is 0.0725 e. The molecule has 0 bridgehead atoms. The van der Waals surface area contributed by atoms with Crippen LogP contribution in [0.1, 0.15) is 22.3 Å². The lowest BCUT2D eigenvalue weighted by Crippen LogP contribution is -2.26. The van der Waals surface area contributed by atoms with Crippen LogP contribution in [0.3, 0.4) is 0 Å². The third-order valence-electron chi connectivity index (χ3n) is 12.0.